The van der Waals surface area contributed by atoms with E-state index in [1.54, 1.807) is 19.2 Å². The average Bonchev–Trinajstić information content (AvgIpc) is 3.01. The second-order valence-electron chi connectivity index (χ2n) is 3.56. The van der Waals surface area contributed by atoms with Crippen molar-refractivity contribution in [3.63, 3.8) is 0 Å². The van der Waals surface area contributed by atoms with E-state index in [1.165, 1.54) is 6.07 Å². The monoisotopic (exact) mass is 208 g/mol. The number of hydrogen-bond donors (Lipinski definition) is 1. The van der Waals surface area contributed by atoms with Gasteiger partial charge in [0.2, 0.25) is 0 Å². The smallest absolute Gasteiger partial charge is 0.292 e. The summed E-state index contributed by atoms with van der Waals surface area (Å²) in [6.45, 7) is 0. The molecule has 5 heteroatoms. The Balaban J connectivity index is 2.30. The molecular formula is C10H12N2O3. The Morgan fingerprint density at radius 2 is 2.27 bits per heavy atom. The number of methoxy groups -OCH3 is 1. The normalized spacial score (nSPS) is 14.7. The molecule has 1 aliphatic rings. The van der Waals surface area contributed by atoms with Crippen molar-refractivity contribution in [2.75, 3.05) is 12.4 Å². The number of ether oxygens (including phenoxy) is 1. The van der Waals surface area contributed by atoms with Gasteiger partial charge in [0, 0.05) is 18.2 Å². The number of nitrogens with one attached hydrogen (secondary N) is 1. The summed E-state index contributed by atoms with van der Waals surface area (Å²) in [4.78, 5) is 10.4. The Hall–Kier alpha value is -1.78. The fourth-order valence-corrected chi connectivity index (χ4v) is 1.36. The maximum Gasteiger partial charge on any atom is 0.292 e. The molecule has 0 radical (unpaired) electrons. The largest absolute Gasteiger partial charge is 0.497 e. The van der Waals surface area contributed by atoms with Gasteiger partial charge in [0.15, 0.2) is 0 Å². The third-order valence-corrected chi connectivity index (χ3v) is 2.34. The molecule has 1 aromatic carbocycles. The van der Waals surface area contributed by atoms with Gasteiger partial charge < -0.3 is 10.1 Å². The van der Waals surface area contributed by atoms with Crippen molar-refractivity contribution >= 4 is 11.4 Å². The van der Waals surface area contributed by atoms with Crippen LogP contribution in [0.15, 0.2) is 18.2 Å². The predicted octanol–water partition coefficient (Wildman–Crippen LogP) is 2.18. The quantitative estimate of drug-likeness (QED) is 0.608. The number of rotatable bonds is 4. The molecule has 15 heavy (non-hydrogen) atoms. The van der Waals surface area contributed by atoms with Gasteiger partial charge in [-0.3, -0.25) is 10.1 Å². The lowest BCUT2D eigenvalue weighted by atomic mass is 10.2. The summed E-state index contributed by atoms with van der Waals surface area (Å²) in [5.74, 6) is 0.628. The molecule has 80 valence electrons. The fraction of sp³-hybridized carbons (Fsp3) is 0.400. The first-order chi connectivity index (χ1) is 7.20. The van der Waals surface area contributed by atoms with Crippen LogP contribution >= 0.6 is 0 Å². The SMILES string of the molecule is COc1ccc([N+](=O)[O-])c(NC2CC2)c1. The van der Waals surface area contributed by atoms with Gasteiger partial charge in [-0.15, -0.1) is 0 Å². The maximum atomic E-state index is 10.7. The predicted molar refractivity (Wildman–Crippen MR) is 56.3 cm³/mol. The van der Waals surface area contributed by atoms with Crippen molar-refractivity contribution < 1.29 is 9.66 Å². The Morgan fingerprint density at radius 1 is 1.53 bits per heavy atom. The summed E-state index contributed by atoms with van der Waals surface area (Å²) in [5, 5.41) is 13.9. The fourth-order valence-electron chi connectivity index (χ4n) is 1.36. The number of nitro groups is 1. The first-order valence-corrected chi connectivity index (χ1v) is 4.79. The molecule has 1 saturated carbocycles. The summed E-state index contributed by atoms with van der Waals surface area (Å²) < 4.78 is 5.03. The van der Waals surface area contributed by atoms with Crippen LogP contribution < -0.4 is 10.1 Å². The third kappa shape index (κ3) is 2.18. The van der Waals surface area contributed by atoms with E-state index in [4.69, 9.17) is 4.74 Å². The van der Waals surface area contributed by atoms with E-state index >= 15 is 0 Å². The zero-order chi connectivity index (χ0) is 10.8. The molecule has 0 aliphatic heterocycles. The highest BCUT2D eigenvalue weighted by molar-refractivity contribution is 5.65. The van der Waals surface area contributed by atoms with E-state index in [0.29, 0.717) is 17.5 Å². The van der Waals surface area contributed by atoms with Crippen molar-refractivity contribution in [1.82, 2.24) is 0 Å². The Morgan fingerprint density at radius 3 is 2.80 bits per heavy atom. The molecule has 1 aliphatic carbocycles. The molecule has 2 rings (SSSR count). The lowest BCUT2D eigenvalue weighted by molar-refractivity contribution is -0.384. The van der Waals surface area contributed by atoms with E-state index in [9.17, 15) is 10.1 Å². The van der Waals surface area contributed by atoms with Crippen molar-refractivity contribution in [2.24, 2.45) is 0 Å². The van der Waals surface area contributed by atoms with Crippen LogP contribution in [0.2, 0.25) is 0 Å². The van der Waals surface area contributed by atoms with E-state index in [2.05, 4.69) is 5.32 Å². The minimum Gasteiger partial charge on any atom is -0.497 e. The second kappa shape index (κ2) is 3.76. The van der Waals surface area contributed by atoms with Crippen LogP contribution in [0.25, 0.3) is 0 Å². The van der Waals surface area contributed by atoms with E-state index < -0.39 is 0 Å². The van der Waals surface area contributed by atoms with Crippen molar-refractivity contribution in [3.8, 4) is 5.75 Å². The molecule has 0 aromatic heterocycles. The van der Waals surface area contributed by atoms with Gasteiger partial charge in [-0.05, 0) is 18.9 Å². The average molecular weight is 208 g/mol. The number of nitro benzene ring substituents is 1. The maximum absolute atomic E-state index is 10.7. The van der Waals surface area contributed by atoms with Crippen LogP contribution in [0.5, 0.6) is 5.75 Å². The summed E-state index contributed by atoms with van der Waals surface area (Å²) in [7, 11) is 1.54. The molecule has 0 heterocycles. The summed E-state index contributed by atoms with van der Waals surface area (Å²) in [6, 6.07) is 5.10. The first kappa shape index (κ1) is 9.76. The van der Waals surface area contributed by atoms with Gasteiger partial charge >= 0.3 is 0 Å². The molecule has 0 spiro atoms. The standard InChI is InChI=1S/C10H12N2O3/c1-15-8-4-5-10(12(13)14)9(6-8)11-7-2-3-7/h4-7,11H,2-3H2,1H3. The molecule has 5 nitrogen and oxygen atoms in total. The van der Waals surface area contributed by atoms with Gasteiger partial charge in [-0.25, -0.2) is 0 Å². The van der Waals surface area contributed by atoms with Gasteiger partial charge in [0.05, 0.1) is 12.0 Å². The van der Waals surface area contributed by atoms with Crippen molar-refractivity contribution in [1.29, 1.82) is 0 Å². The van der Waals surface area contributed by atoms with Gasteiger partial charge in [-0.2, -0.15) is 0 Å². The molecule has 0 atom stereocenters. The second-order valence-corrected chi connectivity index (χ2v) is 3.56. The Kier molecular flexibility index (Phi) is 2.45. The highest BCUT2D eigenvalue weighted by Crippen LogP contribution is 2.33. The summed E-state index contributed by atoms with van der Waals surface area (Å²) in [5.41, 5.74) is 0.643. The molecular weight excluding hydrogens is 196 g/mol. The lowest BCUT2D eigenvalue weighted by Crippen LogP contribution is -2.04. The highest BCUT2D eigenvalue weighted by atomic mass is 16.6. The Labute approximate surface area is 87.2 Å². The minimum atomic E-state index is -0.385. The summed E-state index contributed by atoms with van der Waals surface area (Å²) >= 11 is 0. The van der Waals surface area contributed by atoms with Crippen LogP contribution in [-0.4, -0.2) is 18.1 Å². The molecule has 1 N–H and O–H groups in total. The topological polar surface area (TPSA) is 64.4 Å². The lowest BCUT2D eigenvalue weighted by Gasteiger charge is -2.07. The van der Waals surface area contributed by atoms with Gasteiger partial charge in [0.25, 0.3) is 5.69 Å². The molecule has 0 bridgehead atoms. The van der Waals surface area contributed by atoms with Gasteiger partial charge in [0.1, 0.15) is 11.4 Å². The van der Waals surface area contributed by atoms with E-state index in [0.717, 1.165) is 12.8 Å². The number of benzene rings is 1. The van der Waals surface area contributed by atoms with Crippen LogP contribution in [0.3, 0.4) is 0 Å². The molecule has 1 fully saturated rings. The van der Waals surface area contributed by atoms with Crippen LogP contribution in [0.4, 0.5) is 11.4 Å². The molecule has 1 aromatic rings. The van der Waals surface area contributed by atoms with Crippen molar-refractivity contribution in [3.05, 3.63) is 28.3 Å². The molecule has 0 amide bonds. The van der Waals surface area contributed by atoms with Crippen LogP contribution in [0, 0.1) is 10.1 Å². The number of hydrogen-bond acceptors (Lipinski definition) is 4. The number of nitrogens with zero attached hydrogens (tertiary/aromatic N) is 1. The third-order valence-electron chi connectivity index (χ3n) is 2.34. The zero-order valence-electron chi connectivity index (χ0n) is 8.40. The Bertz CT molecular complexity index is 388. The number of anilines is 1. The van der Waals surface area contributed by atoms with E-state index in [-0.39, 0.29) is 10.6 Å². The zero-order valence-corrected chi connectivity index (χ0v) is 8.40. The van der Waals surface area contributed by atoms with Crippen LogP contribution in [0.1, 0.15) is 12.8 Å². The summed E-state index contributed by atoms with van der Waals surface area (Å²) in [6.07, 6.45) is 2.16. The van der Waals surface area contributed by atoms with E-state index in [1.807, 2.05) is 0 Å². The first-order valence-electron chi connectivity index (χ1n) is 4.79. The van der Waals surface area contributed by atoms with Crippen molar-refractivity contribution in [2.45, 2.75) is 18.9 Å². The minimum absolute atomic E-state index is 0.0997. The van der Waals surface area contributed by atoms with Crippen LogP contribution in [-0.2, 0) is 0 Å². The molecule has 0 unspecified atom stereocenters. The highest BCUT2D eigenvalue weighted by Gasteiger charge is 2.24. The molecule has 0 saturated heterocycles. The van der Waals surface area contributed by atoms with Gasteiger partial charge in [-0.1, -0.05) is 0 Å².